The predicted molar refractivity (Wildman–Crippen MR) is 334 cm³/mol. The molecule has 6 heterocycles. The lowest BCUT2D eigenvalue weighted by Gasteiger charge is -2.11. The van der Waals surface area contributed by atoms with E-state index in [0.29, 0.717) is 0 Å². The molecule has 6 aromatic heterocycles. The molecule has 17 aromatic rings. The third kappa shape index (κ3) is 6.99. The minimum atomic E-state index is 0.969. The molecule has 0 saturated heterocycles. The van der Waals surface area contributed by atoms with E-state index in [0.717, 1.165) is 44.5 Å². The van der Waals surface area contributed by atoms with Crippen molar-refractivity contribution in [2.24, 2.45) is 0 Å². The van der Waals surface area contributed by atoms with Crippen molar-refractivity contribution in [1.82, 2.24) is 28.2 Å². The highest BCUT2D eigenvalue weighted by Crippen LogP contribution is 2.46. The summed E-state index contributed by atoms with van der Waals surface area (Å²) in [6.45, 7) is 0. The van der Waals surface area contributed by atoms with Gasteiger partial charge in [0.05, 0.1) is 33.1 Å². The third-order valence-corrected chi connectivity index (χ3v) is 16.1. The fraction of sp³-hybridized carbons (Fsp3) is 0. The van der Waals surface area contributed by atoms with E-state index in [1.54, 1.807) is 0 Å². The fourth-order valence-corrected chi connectivity index (χ4v) is 12.9. The Hall–Kier alpha value is -10.8. The molecule has 0 fully saturated rings. The Morgan fingerprint density at radius 1 is 0.212 bits per heavy atom. The molecule has 6 heteroatoms. The van der Waals surface area contributed by atoms with E-state index in [9.17, 15) is 0 Å². The summed E-state index contributed by atoms with van der Waals surface area (Å²) in [4.78, 5) is 9.71. The summed E-state index contributed by atoms with van der Waals surface area (Å²) in [5.41, 5.74) is 18.5. The first-order valence-electron chi connectivity index (χ1n) is 27.2. The molecule has 0 aliphatic heterocycles. The Bertz CT molecular complexity index is 5080. The van der Waals surface area contributed by atoms with E-state index in [1.165, 1.54) is 98.8 Å². The quantitative estimate of drug-likeness (QED) is 0.167. The summed E-state index contributed by atoms with van der Waals surface area (Å²) in [6, 6.07) is 99.7. The highest BCUT2D eigenvalue weighted by molar-refractivity contribution is 6.23. The average Bonchev–Trinajstić information content (AvgIpc) is 4.41. The number of fused-ring (bicyclic) bond motifs is 13. The van der Waals surface area contributed by atoms with E-state index in [4.69, 9.17) is 9.97 Å². The zero-order valence-electron chi connectivity index (χ0n) is 43.4. The summed E-state index contributed by atoms with van der Waals surface area (Å²) < 4.78 is 9.35. The molecule has 0 radical (unpaired) electrons. The van der Waals surface area contributed by atoms with Gasteiger partial charge in [-0.1, -0.05) is 170 Å². The Kier molecular flexibility index (Phi) is 10.5. The van der Waals surface area contributed by atoms with Crippen molar-refractivity contribution in [3.8, 4) is 45.0 Å². The Labute approximate surface area is 460 Å². The van der Waals surface area contributed by atoms with Crippen LogP contribution in [-0.2, 0) is 0 Å². The lowest BCUT2D eigenvalue weighted by molar-refractivity contribution is 1.14. The largest absolute Gasteiger partial charge is 0.309 e. The van der Waals surface area contributed by atoms with Gasteiger partial charge in [0.25, 0.3) is 0 Å². The molecule has 0 atom stereocenters. The maximum absolute atomic E-state index is 4.87. The maximum Gasteiger partial charge on any atom is 0.145 e. The van der Waals surface area contributed by atoms with Crippen molar-refractivity contribution >= 4 is 98.3 Å². The highest BCUT2D eigenvalue weighted by atomic mass is 15.1. The van der Waals surface area contributed by atoms with Crippen LogP contribution >= 0.6 is 0 Å². The van der Waals surface area contributed by atoms with Crippen molar-refractivity contribution < 1.29 is 0 Å². The highest BCUT2D eigenvalue weighted by Gasteiger charge is 2.23. The number of para-hydroxylation sites is 5. The number of benzene rings is 11. The lowest BCUT2D eigenvalue weighted by Crippen LogP contribution is -1.94. The van der Waals surface area contributed by atoms with Gasteiger partial charge >= 0.3 is 0 Å². The van der Waals surface area contributed by atoms with Gasteiger partial charge in [0.15, 0.2) is 0 Å². The van der Waals surface area contributed by atoms with E-state index in [1.807, 2.05) is 24.5 Å². The van der Waals surface area contributed by atoms with E-state index >= 15 is 0 Å². The summed E-state index contributed by atoms with van der Waals surface area (Å²) in [7, 11) is 0. The molecule has 0 bridgehead atoms. The van der Waals surface area contributed by atoms with Crippen molar-refractivity contribution in [2.45, 2.75) is 0 Å². The van der Waals surface area contributed by atoms with Crippen LogP contribution in [0.25, 0.3) is 143 Å². The molecule has 0 saturated carbocycles. The monoisotopic (exact) mass is 1020 g/mol. The topological polar surface area (TPSA) is 45.5 Å². The summed E-state index contributed by atoms with van der Waals surface area (Å²) >= 11 is 0. The second-order valence-electron chi connectivity index (χ2n) is 20.5. The molecular weight excluding hydrogens is 973 g/mol. The molecule has 0 unspecified atom stereocenters. The van der Waals surface area contributed by atoms with Gasteiger partial charge in [-0.15, -0.1) is 0 Å². The molecule has 0 amide bonds. The van der Waals surface area contributed by atoms with Crippen molar-refractivity contribution in [2.75, 3.05) is 0 Å². The molecule has 374 valence electrons. The number of nitrogens with zero attached hydrogens (tertiary/aromatic N) is 6. The summed E-state index contributed by atoms with van der Waals surface area (Å²) in [6.07, 6.45) is 3.77. The molecule has 0 aliphatic carbocycles. The first-order valence-corrected chi connectivity index (χ1v) is 27.2. The molecule has 0 N–H and O–H groups in total. The molecule has 6 nitrogen and oxygen atoms in total. The smallest absolute Gasteiger partial charge is 0.145 e. The molecule has 0 spiro atoms. The molecule has 17 rings (SSSR count). The van der Waals surface area contributed by atoms with E-state index in [-0.39, 0.29) is 0 Å². The van der Waals surface area contributed by atoms with Crippen molar-refractivity contribution in [3.05, 3.63) is 291 Å². The van der Waals surface area contributed by atoms with Crippen molar-refractivity contribution in [3.63, 3.8) is 0 Å². The molecule has 11 aromatic carbocycles. The standard InChI is InChI=1S/C39H25N3.C35H23N3/c1-2-13-28(14-3-1)42-36-21-9-17-31(38(36)33-18-10-24-40-39(33)42)30-16-8-20-35-37(30)32-15-6-7-19-34(32)41(35)29-23-22-26-11-4-5-12-27(26)25-29;1-3-12-24(13-4-1)37-30-20-8-7-16-28(30)33-26(17-9-21-31(33)37)27-18-10-22-32-34(27)29-19-11-23-36-35(29)38(32)25-14-5-2-6-15-25/h1-25H;1-23H. The summed E-state index contributed by atoms with van der Waals surface area (Å²) in [5, 5.41) is 12.3. The molecule has 0 aliphatic rings. The molecular formula is C74H48N6. The normalized spacial score (nSPS) is 11.8. The van der Waals surface area contributed by atoms with Crippen molar-refractivity contribution in [1.29, 1.82) is 0 Å². The molecule has 80 heavy (non-hydrogen) atoms. The van der Waals surface area contributed by atoms with Gasteiger partial charge in [-0.3, -0.25) is 9.13 Å². The third-order valence-electron chi connectivity index (χ3n) is 16.1. The average molecular weight is 1020 g/mol. The number of pyridine rings is 2. The van der Waals surface area contributed by atoms with E-state index in [2.05, 4.69) is 285 Å². The van der Waals surface area contributed by atoms with Crippen LogP contribution in [0.5, 0.6) is 0 Å². The van der Waals surface area contributed by atoms with Gasteiger partial charge in [-0.2, -0.15) is 0 Å². The van der Waals surface area contributed by atoms with Gasteiger partial charge in [0.1, 0.15) is 11.3 Å². The van der Waals surface area contributed by atoms with Crippen LogP contribution in [0.4, 0.5) is 0 Å². The van der Waals surface area contributed by atoms with Crippen LogP contribution in [0.3, 0.4) is 0 Å². The zero-order chi connectivity index (χ0) is 52.7. The second-order valence-corrected chi connectivity index (χ2v) is 20.5. The Morgan fingerprint density at radius 2 is 0.550 bits per heavy atom. The van der Waals surface area contributed by atoms with Gasteiger partial charge in [0, 0.05) is 78.2 Å². The second kappa shape index (κ2) is 18.4. The zero-order valence-corrected chi connectivity index (χ0v) is 43.4. The van der Waals surface area contributed by atoms with Gasteiger partial charge in [-0.25, -0.2) is 9.97 Å². The first-order chi connectivity index (χ1) is 39.8. The first kappa shape index (κ1) is 45.4. The number of aromatic nitrogens is 6. The number of rotatable bonds is 6. The Morgan fingerprint density at radius 3 is 1.01 bits per heavy atom. The van der Waals surface area contributed by atoms with E-state index < -0.39 is 0 Å². The SMILES string of the molecule is c1ccc(-n2c3cccc(-c4cccc5c4c4ccccc4n5-c4ccc5ccccc5c4)c3c3cccnc32)cc1.c1ccc(-n2c3ccccc3c3c(-c4cccc5c4c4cccnc4n5-c4ccccc4)cccc32)cc1. The fourth-order valence-electron chi connectivity index (χ4n) is 12.9. The van der Waals surface area contributed by atoms with Crippen LogP contribution in [0, 0.1) is 0 Å². The van der Waals surface area contributed by atoms with Gasteiger partial charge < -0.3 is 9.13 Å². The van der Waals surface area contributed by atoms with Crippen LogP contribution in [0.2, 0.25) is 0 Å². The van der Waals surface area contributed by atoms with Crippen LogP contribution in [0.15, 0.2) is 291 Å². The maximum atomic E-state index is 4.87. The lowest BCUT2D eigenvalue weighted by atomic mass is 9.95. The number of hydrogen-bond donors (Lipinski definition) is 0. The minimum Gasteiger partial charge on any atom is -0.309 e. The Balaban J connectivity index is 0.000000133. The number of hydrogen-bond acceptors (Lipinski definition) is 2. The van der Waals surface area contributed by atoms with Crippen LogP contribution < -0.4 is 0 Å². The summed E-state index contributed by atoms with van der Waals surface area (Å²) in [5.74, 6) is 0. The van der Waals surface area contributed by atoms with Crippen LogP contribution in [-0.4, -0.2) is 28.2 Å². The van der Waals surface area contributed by atoms with Crippen LogP contribution in [0.1, 0.15) is 0 Å². The minimum absolute atomic E-state index is 0.969. The van der Waals surface area contributed by atoms with Gasteiger partial charge in [0.2, 0.25) is 0 Å². The predicted octanol–water partition coefficient (Wildman–Crippen LogP) is 19.0. The van der Waals surface area contributed by atoms with Gasteiger partial charge in [-0.05, 0) is 142 Å².